The lowest BCUT2D eigenvalue weighted by Gasteiger charge is -2.20. The largest absolute Gasteiger partial charge is 0.329 e. The number of hydrogen-bond acceptors (Lipinski definition) is 3. The van der Waals surface area contributed by atoms with Gasteiger partial charge in [0.2, 0.25) is 0 Å². The van der Waals surface area contributed by atoms with Crippen LogP contribution in [0.3, 0.4) is 0 Å². The Morgan fingerprint density at radius 3 is 1.56 bits per heavy atom. The Labute approximate surface area is 150 Å². The summed E-state index contributed by atoms with van der Waals surface area (Å²) in [7, 11) is -0.704. The summed E-state index contributed by atoms with van der Waals surface area (Å²) >= 11 is 0. The van der Waals surface area contributed by atoms with Crippen LogP contribution in [0, 0.1) is 0 Å². The lowest BCUT2D eigenvalue weighted by Crippen LogP contribution is -2.23. The van der Waals surface area contributed by atoms with E-state index in [1.54, 1.807) is 0 Å². The molecule has 0 spiro atoms. The van der Waals surface area contributed by atoms with E-state index < -0.39 is 7.92 Å². The summed E-state index contributed by atoms with van der Waals surface area (Å²) in [5, 5.41) is 3.63. The topological polar surface area (TPSA) is 69.1 Å². The van der Waals surface area contributed by atoms with Crippen molar-refractivity contribution >= 4 is 30.1 Å². The van der Waals surface area contributed by atoms with E-state index in [4.69, 9.17) is 11.5 Å². The molecule has 3 rings (SSSR count). The average molecular weight is 350 g/mol. The second-order valence-electron chi connectivity index (χ2n) is 5.26. The maximum absolute atomic E-state index is 11.4. The van der Waals surface area contributed by atoms with Gasteiger partial charge in [-0.1, -0.05) is 84.9 Å². The maximum Gasteiger partial charge on any atom is 0.150 e. The van der Waals surface area contributed by atoms with Crippen LogP contribution in [0.4, 0.5) is 0 Å². The lowest BCUT2D eigenvalue weighted by atomic mass is 10.2. The number of carbonyl (C=O) groups excluding carboxylic acids is 1. The summed E-state index contributed by atoms with van der Waals surface area (Å²) in [6, 6.07) is 28.7. The molecule has 128 valence electrons. The Morgan fingerprint density at radius 1 is 0.680 bits per heavy atom. The molecule has 0 amide bonds. The number of aldehydes is 1. The van der Waals surface area contributed by atoms with Gasteiger partial charge in [-0.05, 0) is 23.8 Å². The first kappa shape index (κ1) is 19.0. The van der Waals surface area contributed by atoms with Crippen molar-refractivity contribution in [2.24, 2.45) is 11.5 Å². The first-order valence-electron chi connectivity index (χ1n) is 8.16. The molecule has 4 N–H and O–H groups in total. The van der Waals surface area contributed by atoms with Gasteiger partial charge in [-0.25, -0.2) is 0 Å². The van der Waals surface area contributed by atoms with E-state index >= 15 is 0 Å². The van der Waals surface area contributed by atoms with Gasteiger partial charge in [0.25, 0.3) is 0 Å². The Kier molecular flexibility index (Phi) is 8.00. The Morgan fingerprint density at radius 2 is 1.12 bits per heavy atom. The van der Waals surface area contributed by atoms with Gasteiger partial charge < -0.3 is 11.5 Å². The molecule has 3 nitrogen and oxygen atoms in total. The number of rotatable bonds is 5. The van der Waals surface area contributed by atoms with Crippen LogP contribution in [0.15, 0.2) is 84.9 Å². The average Bonchev–Trinajstić information content (AvgIpc) is 2.70. The molecule has 0 aromatic heterocycles. The molecule has 0 aliphatic carbocycles. The first-order chi connectivity index (χ1) is 12.3. The molecule has 0 radical (unpaired) electrons. The van der Waals surface area contributed by atoms with Crippen LogP contribution in [-0.4, -0.2) is 19.4 Å². The third-order valence-electron chi connectivity index (χ3n) is 3.50. The second kappa shape index (κ2) is 10.5. The molecule has 0 aliphatic rings. The van der Waals surface area contributed by atoms with Gasteiger partial charge in [0, 0.05) is 18.7 Å². The minimum Gasteiger partial charge on any atom is -0.329 e. The molecule has 0 saturated heterocycles. The van der Waals surface area contributed by atoms with Crippen molar-refractivity contribution < 1.29 is 4.79 Å². The normalized spacial score (nSPS) is 10.0. The van der Waals surface area contributed by atoms with E-state index in [0.717, 1.165) is 17.2 Å². The molecule has 4 heteroatoms. The number of carbonyl (C=O) groups is 1. The van der Waals surface area contributed by atoms with E-state index in [2.05, 4.69) is 54.6 Å². The first-order valence-corrected chi connectivity index (χ1v) is 9.50. The lowest BCUT2D eigenvalue weighted by molar-refractivity contribution is 0.112. The van der Waals surface area contributed by atoms with Crippen LogP contribution in [0.5, 0.6) is 0 Å². The van der Waals surface area contributed by atoms with Gasteiger partial charge >= 0.3 is 0 Å². The SMILES string of the molecule is NCCN.O=Cc1ccccc1P(c1ccccc1)c1ccccc1. The van der Waals surface area contributed by atoms with Gasteiger partial charge in [-0.2, -0.15) is 0 Å². The highest BCUT2D eigenvalue weighted by molar-refractivity contribution is 7.80. The van der Waals surface area contributed by atoms with Crippen molar-refractivity contribution in [3.8, 4) is 0 Å². The minimum atomic E-state index is -0.704. The van der Waals surface area contributed by atoms with Crippen LogP contribution >= 0.6 is 7.92 Å². The summed E-state index contributed by atoms with van der Waals surface area (Å²) in [4.78, 5) is 11.4. The second-order valence-corrected chi connectivity index (χ2v) is 7.45. The van der Waals surface area contributed by atoms with Crippen molar-refractivity contribution in [3.63, 3.8) is 0 Å². The fraction of sp³-hybridized carbons (Fsp3) is 0.0952. The fourth-order valence-electron chi connectivity index (χ4n) is 2.37. The monoisotopic (exact) mass is 350 g/mol. The molecule has 3 aromatic rings. The quantitative estimate of drug-likeness (QED) is 0.547. The van der Waals surface area contributed by atoms with Crippen molar-refractivity contribution in [3.05, 3.63) is 90.5 Å². The van der Waals surface area contributed by atoms with Gasteiger partial charge in [-0.15, -0.1) is 0 Å². The van der Waals surface area contributed by atoms with Gasteiger partial charge in [0.1, 0.15) is 0 Å². The molecule has 0 bridgehead atoms. The molecule has 25 heavy (non-hydrogen) atoms. The van der Waals surface area contributed by atoms with Crippen LogP contribution in [0.2, 0.25) is 0 Å². The van der Waals surface area contributed by atoms with Gasteiger partial charge in [-0.3, -0.25) is 4.79 Å². The zero-order valence-electron chi connectivity index (χ0n) is 14.1. The summed E-state index contributed by atoms with van der Waals surface area (Å²) in [6.07, 6.45) is 0.955. The molecule has 3 aromatic carbocycles. The van der Waals surface area contributed by atoms with Gasteiger partial charge in [0.05, 0.1) is 0 Å². The highest BCUT2D eigenvalue weighted by Crippen LogP contribution is 2.33. The molecule has 0 atom stereocenters. The Bertz CT molecular complexity index is 722. The zero-order chi connectivity index (χ0) is 17.9. The zero-order valence-corrected chi connectivity index (χ0v) is 15.0. The van der Waals surface area contributed by atoms with Crippen LogP contribution in [0.1, 0.15) is 10.4 Å². The predicted molar refractivity (Wildman–Crippen MR) is 109 cm³/mol. The van der Waals surface area contributed by atoms with Crippen LogP contribution < -0.4 is 27.4 Å². The summed E-state index contributed by atoms with van der Waals surface area (Å²) < 4.78 is 0. The maximum atomic E-state index is 11.4. The highest BCUT2D eigenvalue weighted by atomic mass is 31.1. The predicted octanol–water partition coefficient (Wildman–Crippen LogP) is 2.16. The van der Waals surface area contributed by atoms with Crippen molar-refractivity contribution in [2.75, 3.05) is 13.1 Å². The molecule has 0 saturated carbocycles. The Hall–Kier alpha value is -2.32. The third-order valence-corrected chi connectivity index (χ3v) is 6.02. The molecule has 0 heterocycles. The molecular weight excluding hydrogens is 327 g/mol. The van der Waals surface area contributed by atoms with E-state index in [1.165, 1.54) is 10.6 Å². The van der Waals surface area contributed by atoms with E-state index in [-0.39, 0.29) is 0 Å². The van der Waals surface area contributed by atoms with Crippen LogP contribution in [-0.2, 0) is 0 Å². The highest BCUT2D eigenvalue weighted by Gasteiger charge is 2.18. The number of benzene rings is 3. The summed E-state index contributed by atoms with van der Waals surface area (Å²) in [5.41, 5.74) is 10.6. The smallest absolute Gasteiger partial charge is 0.150 e. The molecule has 0 aliphatic heterocycles. The van der Waals surface area contributed by atoms with Crippen molar-refractivity contribution in [2.45, 2.75) is 0 Å². The van der Waals surface area contributed by atoms with E-state index in [9.17, 15) is 4.79 Å². The van der Waals surface area contributed by atoms with E-state index in [1.807, 2.05) is 30.3 Å². The van der Waals surface area contributed by atoms with Crippen LogP contribution in [0.25, 0.3) is 0 Å². The van der Waals surface area contributed by atoms with Crippen molar-refractivity contribution in [1.29, 1.82) is 0 Å². The summed E-state index contributed by atoms with van der Waals surface area (Å²) in [6.45, 7) is 1.19. The number of nitrogens with two attached hydrogens (primary N) is 2. The fourth-order valence-corrected chi connectivity index (χ4v) is 4.79. The third kappa shape index (κ3) is 5.33. The number of hydrogen-bond donors (Lipinski definition) is 2. The molecule has 0 fully saturated rings. The Balaban J connectivity index is 0.000000511. The molecular formula is C21H23N2OP. The summed E-state index contributed by atoms with van der Waals surface area (Å²) in [5.74, 6) is 0. The minimum absolute atomic E-state index is 0.597. The van der Waals surface area contributed by atoms with Crippen molar-refractivity contribution in [1.82, 2.24) is 0 Å². The standard InChI is InChI=1S/C19H15OP.C2H8N2/c20-15-16-9-7-8-14-19(16)21(17-10-3-1-4-11-17)18-12-5-2-6-13-18;3-1-2-4/h1-15H;1-4H2. The molecule has 0 unspecified atom stereocenters. The van der Waals surface area contributed by atoms with Gasteiger partial charge in [0.15, 0.2) is 6.29 Å². The van der Waals surface area contributed by atoms with E-state index in [0.29, 0.717) is 13.1 Å².